The van der Waals surface area contributed by atoms with Gasteiger partial charge in [0.2, 0.25) is 0 Å². The van der Waals surface area contributed by atoms with Crippen LogP contribution in [0, 0.1) is 5.92 Å². The fraction of sp³-hybridized carbons (Fsp3) is 0.500. The van der Waals surface area contributed by atoms with Crippen LogP contribution in [0.3, 0.4) is 0 Å². The quantitative estimate of drug-likeness (QED) is 0.928. The van der Waals surface area contributed by atoms with E-state index in [0.717, 1.165) is 12.1 Å². The van der Waals surface area contributed by atoms with Crippen LogP contribution in [0.25, 0.3) is 0 Å². The minimum atomic E-state index is -4.74. The highest BCUT2D eigenvalue weighted by Crippen LogP contribution is 2.34. The second-order valence-corrected chi connectivity index (χ2v) is 6.59. The van der Waals surface area contributed by atoms with Crippen molar-refractivity contribution in [1.29, 1.82) is 0 Å². The summed E-state index contributed by atoms with van der Waals surface area (Å²) >= 11 is 0. The third-order valence-corrected chi connectivity index (χ3v) is 4.49. The molecule has 1 rings (SSSR count). The highest BCUT2D eigenvalue weighted by Gasteiger charge is 2.37. The third kappa shape index (κ3) is 3.94. The predicted molar refractivity (Wildman–Crippen MR) is 64.3 cm³/mol. The zero-order valence-electron chi connectivity index (χ0n) is 10.5. The van der Waals surface area contributed by atoms with Crippen molar-refractivity contribution >= 4 is 9.84 Å². The molecule has 0 heterocycles. The summed E-state index contributed by atoms with van der Waals surface area (Å²) < 4.78 is 62.2. The molecule has 0 saturated heterocycles. The second kappa shape index (κ2) is 5.50. The van der Waals surface area contributed by atoms with Crippen LogP contribution in [-0.2, 0) is 16.0 Å². The molecule has 0 spiro atoms. The molecule has 0 aliphatic heterocycles. The molecule has 0 aliphatic carbocycles. The number of benzene rings is 1. The van der Waals surface area contributed by atoms with E-state index in [1.165, 1.54) is 6.07 Å². The summed E-state index contributed by atoms with van der Waals surface area (Å²) in [5, 5.41) is 9.56. The van der Waals surface area contributed by atoms with Gasteiger partial charge in [-0.05, 0) is 18.1 Å². The number of hydrogen-bond donors (Lipinski definition) is 1. The van der Waals surface area contributed by atoms with Crippen LogP contribution in [0.5, 0.6) is 0 Å². The Bertz CT molecular complexity index is 535. The number of rotatable bonds is 4. The highest BCUT2D eigenvalue weighted by atomic mass is 32.2. The van der Waals surface area contributed by atoms with Gasteiger partial charge in [-0.15, -0.1) is 0 Å². The molecule has 0 amide bonds. The van der Waals surface area contributed by atoms with Crippen LogP contribution in [0.15, 0.2) is 29.2 Å². The average Bonchev–Trinajstić information content (AvgIpc) is 2.27. The van der Waals surface area contributed by atoms with Gasteiger partial charge in [0.1, 0.15) is 0 Å². The van der Waals surface area contributed by atoms with Crippen molar-refractivity contribution in [2.45, 2.75) is 31.0 Å². The van der Waals surface area contributed by atoms with Crippen LogP contribution >= 0.6 is 0 Å². The predicted octanol–water partition coefficient (Wildman–Crippen LogP) is 2.50. The molecular formula is C12H15F3O3S. The normalized spacial score (nSPS) is 14.7. The zero-order valence-corrected chi connectivity index (χ0v) is 11.3. The Hall–Kier alpha value is -1.08. The second-order valence-electron chi connectivity index (χ2n) is 4.59. The molecule has 1 unspecified atom stereocenters. The largest absolute Gasteiger partial charge is 0.417 e. The van der Waals surface area contributed by atoms with Crippen LogP contribution in [0.4, 0.5) is 13.2 Å². The SMILES string of the molecule is CC(C)C(O)CS(=O)(=O)c1ccccc1C(F)(F)F. The lowest BCUT2D eigenvalue weighted by Gasteiger charge is -2.17. The number of aliphatic hydroxyl groups excluding tert-OH is 1. The summed E-state index contributed by atoms with van der Waals surface area (Å²) in [5.41, 5.74) is -1.20. The van der Waals surface area contributed by atoms with Gasteiger partial charge in [0.05, 0.1) is 22.3 Å². The number of halogens is 3. The lowest BCUT2D eigenvalue weighted by Crippen LogP contribution is -2.27. The molecule has 1 N–H and O–H groups in total. The molecule has 0 aromatic heterocycles. The van der Waals surface area contributed by atoms with Crippen LogP contribution < -0.4 is 0 Å². The topological polar surface area (TPSA) is 54.4 Å². The van der Waals surface area contributed by atoms with E-state index >= 15 is 0 Å². The summed E-state index contributed by atoms with van der Waals surface area (Å²) in [6.45, 7) is 3.19. The minimum absolute atomic E-state index is 0.354. The maximum Gasteiger partial charge on any atom is 0.417 e. The van der Waals surface area contributed by atoms with Gasteiger partial charge in [-0.2, -0.15) is 13.2 Å². The molecule has 0 radical (unpaired) electrons. The van der Waals surface area contributed by atoms with Gasteiger partial charge in [0, 0.05) is 0 Å². The van der Waals surface area contributed by atoms with Gasteiger partial charge in [-0.25, -0.2) is 8.42 Å². The maximum atomic E-state index is 12.7. The van der Waals surface area contributed by atoms with Gasteiger partial charge in [-0.1, -0.05) is 26.0 Å². The van der Waals surface area contributed by atoms with Crippen LogP contribution in [-0.4, -0.2) is 25.4 Å². The first-order valence-electron chi connectivity index (χ1n) is 5.62. The fourth-order valence-electron chi connectivity index (χ4n) is 1.48. The summed E-state index contributed by atoms with van der Waals surface area (Å²) in [7, 11) is -4.19. The van der Waals surface area contributed by atoms with Crippen molar-refractivity contribution in [1.82, 2.24) is 0 Å². The van der Waals surface area contributed by atoms with Crippen molar-refractivity contribution < 1.29 is 26.7 Å². The maximum absolute atomic E-state index is 12.7. The molecule has 3 nitrogen and oxygen atoms in total. The Labute approximate surface area is 110 Å². The Kier molecular flexibility index (Phi) is 4.63. The summed E-state index contributed by atoms with van der Waals surface area (Å²) in [5.74, 6) is -1.08. The lowest BCUT2D eigenvalue weighted by atomic mass is 10.1. The van der Waals surface area contributed by atoms with Gasteiger partial charge in [0.15, 0.2) is 9.84 Å². The molecule has 1 aromatic carbocycles. The van der Waals surface area contributed by atoms with E-state index < -0.39 is 38.3 Å². The third-order valence-electron chi connectivity index (χ3n) is 2.69. The van der Waals surface area contributed by atoms with E-state index in [0.29, 0.717) is 6.07 Å². The summed E-state index contributed by atoms with van der Waals surface area (Å²) in [4.78, 5) is -0.790. The first-order chi connectivity index (χ1) is 8.55. The van der Waals surface area contributed by atoms with Crippen molar-refractivity contribution in [2.24, 2.45) is 5.92 Å². The molecule has 0 aliphatic rings. The fourth-order valence-corrected chi connectivity index (χ4v) is 3.30. The van der Waals surface area contributed by atoms with Gasteiger partial charge in [0.25, 0.3) is 0 Å². The monoisotopic (exact) mass is 296 g/mol. The van der Waals surface area contributed by atoms with Gasteiger partial charge in [-0.3, -0.25) is 0 Å². The Morgan fingerprint density at radius 3 is 2.21 bits per heavy atom. The van der Waals surface area contributed by atoms with Crippen LogP contribution in [0.1, 0.15) is 19.4 Å². The minimum Gasteiger partial charge on any atom is -0.392 e. The first kappa shape index (κ1) is 16.0. The van der Waals surface area contributed by atoms with Gasteiger partial charge < -0.3 is 5.11 Å². The first-order valence-corrected chi connectivity index (χ1v) is 7.28. The molecule has 0 bridgehead atoms. The molecule has 0 saturated carbocycles. The molecule has 7 heteroatoms. The Balaban J connectivity index is 3.23. The standard InChI is InChI=1S/C12H15F3O3S/c1-8(2)10(16)7-19(17,18)11-6-4-3-5-9(11)12(13,14)15/h3-6,8,10,16H,7H2,1-2H3. The van der Waals surface area contributed by atoms with Crippen molar-refractivity contribution in [3.63, 3.8) is 0 Å². The molecule has 108 valence electrons. The van der Waals surface area contributed by atoms with Crippen molar-refractivity contribution in [3.05, 3.63) is 29.8 Å². The lowest BCUT2D eigenvalue weighted by molar-refractivity contribution is -0.139. The average molecular weight is 296 g/mol. The van der Waals surface area contributed by atoms with Crippen molar-refractivity contribution in [3.8, 4) is 0 Å². The van der Waals surface area contributed by atoms with E-state index in [4.69, 9.17) is 0 Å². The van der Waals surface area contributed by atoms with E-state index in [-0.39, 0.29) is 5.92 Å². The molecule has 1 aromatic rings. The Morgan fingerprint density at radius 2 is 1.74 bits per heavy atom. The summed E-state index contributed by atoms with van der Waals surface area (Å²) in [6.07, 6.45) is -5.95. The van der Waals surface area contributed by atoms with E-state index in [9.17, 15) is 26.7 Å². The van der Waals surface area contributed by atoms with Crippen LogP contribution in [0.2, 0.25) is 0 Å². The van der Waals surface area contributed by atoms with E-state index in [1.807, 2.05) is 0 Å². The van der Waals surface area contributed by atoms with E-state index in [2.05, 4.69) is 0 Å². The Morgan fingerprint density at radius 1 is 1.21 bits per heavy atom. The highest BCUT2D eigenvalue weighted by molar-refractivity contribution is 7.91. The molecule has 19 heavy (non-hydrogen) atoms. The molecule has 1 atom stereocenters. The van der Waals surface area contributed by atoms with Gasteiger partial charge >= 0.3 is 6.18 Å². The smallest absolute Gasteiger partial charge is 0.392 e. The number of sulfone groups is 1. The zero-order chi connectivity index (χ0) is 14.8. The molecule has 0 fully saturated rings. The number of aliphatic hydroxyl groups is 1. The number of hydrogen-bond acceptors (Lipinski definition) is 3. The van der Waals surface area contributed by atoms with Crippen molar-refractivity contribution in [2.75, 3.05) is 5.75 Å². The summed E-state index contributed by atoms with van der Waals surface area (Å²) in [6, 6.07) is 3.98. The van der Waals surface area contributed by atoms with E-state index in [1.54, 1.807) is 13.8 Å². The molecular weight excluding hydrogens is 281 g/mol. The number of alkyl halides is 3.